The quantitative estimate of drug-likeness (QED) is 0.872. The minimum Gasteiger partial charge on any atom is -0.480 e. The van der Waals surface area contributed by atoms with E-state index in [-0.39, 0.29) is 6.54 Å². The van der Waals surface area contributed by atoms with E-state index in [1.165, 1.54) is 6.92 Å². The van der Waals surface area contributed by atoms with Crippen LogP contribution in [-0.2, 0) is 4.79 Å². The van der Waals surface area contributed by atoms with E-state index in [1.807, 2.05) is 0 Å². The van der Waals surface area contributed by atoms with Crippen molar-refractivity contribution in [2.45, 2.75) is 6.92 Å². The Hall–Kier alpha value is -1.98. The summed E-state index contributed by atoms with van der Waals surface area (Å²) in [6.07, 6.45) is 0. The van der Waals surface area contributed by atoms with Crippen LogP contribution in [0.15, 0.2) is 18.2 Å². The third-order valence-corrected chi connectivity index (χ3v) is 2.17. The van der Waals surface area contributed by atoms with Crippen LogP contribution in [0.1, 0.15) is 17.3 Å². The van der Waals surface area contributed by atoms with E-state index in [1.54, 1.807) is 0 Å². The third-order valence-electron chi connectivity index (χ3n) is 2.17. The molecule has 0 atom stereocenters. The van der Waals surface area contributed by atoms with E-state index in [2.05, 4.69) is 0 Å². The van der Waals surface area contributed by atoms with Gasteiger partial charge in [-0.15, -0.1) is 0 Å². The summed E-state index contributed by atoms with van der Waals surface area (Å²) >= 11 is 0. The Balaban J connectivity index is 3.06. The van der Waals surface area contributed by atoms with Crippen molar-refractivity contribution in [1.82, 2.24) is 4.90 Å². The van der Waals surface area contributed by atoms with Crippen molar-refractivity contribution in [2.75, 3.05) is 13.1 Å². The highest BCUT2D eigenvalue weighted by atomic mass is 19.1. The molecule has 0 saturated carbocycles. The Bertz CT molecular complexity index is 428. The van der Waals surface area contributed by atoms with Crippen molar-refractivity contribution in [3.05, 3.63) is 35.4 Å². The number of hydrogen-bond donors (Lipinski definition) is 1. The summed E-state index contributed by atoms with van der Waals surface area (Å²) in [4.78, 5) is 23.1. The minimum absolute atomic E-state index is 0.0545. The number of carboxylic acid groups (broad SMARTS) is 1. The Kier molecular flexibility index (Phi) is 4.14. The van der Waals surface area contributed by atoms with Crippen LogP contribution in [0.25, 0.3) is 0 Å². The van der Waals surface area contributed by atoms with E-state index in [0.717, 1.165) is 23.1 Å². The Morgan fingerprint density at radius 1 is 1.29 bits per heavy atom. The van der Waals surface area contributed by atoms with Crippen molar-refractivity contribution in [3.8, 4) is 0 Å². The molecular weight excluding hydrogens is 232 g/mol. The van der Waals surface area contributed by atoms with Gasteiger partial charge >= 0.3 is 5.97 Å². The second-order valence-corrected chi connectivity index (χ2v) is 3.31. The number of carbonyl (C=O) groups is 2. The van der Waals surface area contributed by atoms with Crippen LogP contribution >= 0.6 is 0 Å². The van der Waals surface area contributed by atoms with Gasteiger partial charge in [0.25, 0.3) is 5.91 Å². The molecule has 0 saturated heterocycles. The number of amides is 1. The zero-order chi connectivity index (χ0) is 13.0. The number of carbonyl (C=O) groups excluding carboxylic acids is 1. The summed E-state index contributed by atoms with van der Waals surface area (Å²) in [6.45, 7) is 0.988. The van der Waals surface area contributed by atoms with Crippen molar-refractivity contribution >= 4 is 11.9 Å². The summed E-state index contributed by atoms with van der Waals surface area (Å²) in [5.74, 6) is -4.21. The van der Waals surface area contributed by atoms with Gasteiger partial charge in [-0.1, -0.05) is 6.07 Å². The highest BCUT2D eigenvalue weighted by molar-refractivity contribution is 5.96. The Morgan fingerprint density at radius 3 is 2.24 bits per heavy atom. The van der Waals surface area contributed by atoms with Crippen LogP contribution < -0.4 is 0 Å². The highest BCUT2D eigenvalue weighted by Gasteiger charge is 2.23. The van der Waals surface area contributed by atoms with Gasteiger partial charge < -0.3 is 10.0 Å². The summed E-state index contributed by atoms with van der Waals surface area (Å²) < 4.78 is 26.6. The Morgan fingerprint density at radius 2 is 1.82 bits per heavy atom. The number of benzene rings is 1. The first-order chi connectivity index (χ1) is 7.97. The maximum Gasteiger partial charge on any atom is 0.323 e. The first-order valence-corrected chi connectivity index (χ1v) is 4.92. The molecule has 0 fully saturated rings. The summed E-state index contributed by atoms with van der Waals surface area (Å²) in [7, 11) is 0. The van der Waals surface area contributed by atoms with Gasteiger partial charge in [-0.05, 0) is 19.1 Å². The second kappa shape index (κ2) is 5.38. The maximum absolute atomic E-state index is 13.3. The summed E-state index contributed by atoms with van der Waals surface area (Å²) in [5.41, 5.74) is -0.726. The lowest BCUT2D eigenvalue weighted by atomic mass is 10.1. The molecule has 4 nitrogen and oxygen atoms in total. The molecule has 0 aliphatic carbocycles. The normalized spacial score (nSPS) is 10.1. The van der Waals surface area contributed by atoms with Crippen LogP contribution in [0.2, 0.25) is 0 Å². The monoisotopic (exact) mass is 243 g/mol. The van der Waals surface area contributed by atoms with E-state index < -0.39 is 35.6 Å². The summed E-state index contributed by atoms with van der Waals surface area (Å²) in [6, 6.07) is 3.03. The fraction of sp³-hybridized carbons (Fsp3) is 0.273. The lowest BCUT2D eigenvalue weighted by Crippen LogP contribution is -2.36. The van der Waals surface area contributed by atoms with Crippen LogP contribution in [0.3, 0.4) is 0 Å². The molecule has 0 aliphatic rings. The Labute approximate surface area is 96.5 Å². The molecule has 1 rings (SSSR count). The van der Waals surface area contributed by atoms with Crippen molar-refractivity contribution in [1.29, 1.82) is 0 Å². The second-order valence-electron chi connectivity index (χ2n) is 3.31. The molecule has 0 aromatic heterocycles. The van der Waals surface area contributed by atoms with E-state index >= 15 is 0 Å². The van der Waals surface area contributed by atoms with Gasteiger partial charge in [0.2, 0.25) is 0 Å². The van der Waals surface area contributed by atoms with E-state index in [9.17, 15) is 18.4 Å². The zero-order valence-electron chi connectivity index (χ0n) is 9.11. The number of rotatable bonds is 4. The number of likely N-dealkylation sites (N-methyl/N-ethyl adjacent to an activating group) is 1. The maximum atomic E-state index is 13.3. The topological polar surface area (TPSA) is 57.6 Å². The van der Waals surface area contributed by atoms with Crippen molar-refractivity contribution in [3.63, 3.8) is 0 Å². The molecular formula is C11H11F2NO3. The lowest BCUT2D eigenvalue weighted by molar-refractivity contribution is -0.137. The number of aliphatic carboxylic acids is 1. The molecule has 0 radical (unpaired) electrons. The zero-order valence-corrected chi connectivity index (χ0v) is 9.11. The number of carboxylic acids is 1. The predicted octanol–water partition coefficient (Wildman–Crippen LogP) is 1.51. The standard InChI is InChI=1S/C11H11F2NO3/c1-2-14(6-9(15)16)11(17)10-7(12)4-3-5-8(10)13/h3-5H,2,6H2,1H3,(H,15,16). The first-order valence-electron chi connectivity index (χ1n) is 4.92. The van der Waals surface area contributed by atoms with Crippen LogP contribution in [0, 0.1) is 11.6 Å². The molecule has 6 heteroatoms. The molecule has 0 aliphatic heterocycles. The molecule has 17 heavy (non-hydrogen) atoms. The molecule has 1 aromatic rings. The fourth-order valence-corrected chi connectivity index (χ4v) is 1.35. The molecule has 0 heterocycles. The molecule has 0 bridgehead atoms. The smallest absolute Gasteiger partial charge is 0.323 e. The summed E-state index contributed by atoms with van der Waals surface area (Å²) in [5, 5.41) is 8.57. The molecule has 1 N–H and O–H groups in total. The van der Waals surface area contributed by atoms with E-state index in [0.29, 0.717) is 0 Å². The van der Waals surface area contributed by atoms with Crippen LogP contribution in [0.5, 0.6) is 0 Å². The van der Waals surface area contributed by atoms with Gasteiger partial charge in [-0.3, -0.25) is 9.59 Å². The van der Waals surface area contributed by atoms with Gasteiger partial charge in [0.05, 0.1) is 0 Å². The van der Waals surface area contributed by atoms with E-state index in [4.69, 9.17) is 5.11 Å². The van der Waals surface area contributed by atoms with Crippen LogP contribution in [0.4, 0.5) is 8.78 Å². The predicted molar refractivity (Wildman–Crippen MR) is 55.6 cm³/mol. The van der Waals surface area contributed by atoms with Gasteiger partial charge in [0, 0.05) is 6.54 Å². The van der Waals surface area contributed by atoms with Crippen molar-refractivity contribution < 1.29 is 23.5 Å². The number of hydrogen-bond acceptors (Lipinski definition) is 2. The average Bonchev–Trinajstić information content (AvgIpc) is 2.25. The fourth-order valence-electron chi connectivity index (χ4n) is 1.35. The number of nitrogens with zero attached hydrogens (tertiary/aromatic N) is 1. The van der Waals surface area contributed by atoms with Crippen molar-refractivity contribution in [2.24, 2.45) is 0 Å². The molecule has 0 unspecified atom stereocenters. The van der Waals surface area contributed by atoms with Gasteiger partial charge in [-0.25, -0.2) is 8.78 Å². The van der Waals surface area contributed by atoms with Crippen LogP contribution in [-0.4, -0.2) is 35.0 Å². The molecule has 1 amide bonds. The van der Waals surface area contributed by atoms with Gasteiger partial charge in [-0.2, -0.15) is 0 Å². The SMILES string of the molecule is CCN(CC(=O)O)C(=O)c1c(F)cccc1F. The molecule has 0 spiro atoms. The first kappa shape index (κ1) is 13.1. The van der Waals surface area contributed by atoms with Gasteiger partial charge in [0.15, 0.2) is 0 Å². The molecule has 92 valence electrons. The third kappa shape index (κ3) is 2.99. The largest absolute Gasteiger partial charge is 0.480 e. The molecule has 1 aromatic carbocycles. The van der Waals surface area contributed by atoms with Gasteiger partial charge in [0.1, 0.15) is 23.7 Å². The highest BCUT2D eigenvalue weighted by Crippen LogP contribution is 2.14. The average molecular weight is 243 g/mol. The lowest BCUT2D eigenvalue weighted by Gasteiger charge is -2.19. The number of halogens is 2. The minimum atomic E-state index is -1.24.